The molecule has 21 heavy (non-hydrogen) atoms. The van der Waals surface area contributed by atoms with Gasteiger partial charge < -0.3 is 15.1 Å². The average molecular weight is 299 g/mol. The van der Waals surface area contributed by atoms with Crippen molar-refractivity contribution in [1.82, 2.24) is 20.0 Å². The maximum Gasteiger partial charge on any atom is 0.0110 e. The lowest BCUT2D eigenvalue weighted by molar-refractivity contribution is 0.0841. The summed E-state index contributed by atoms with van der Waals surface area (Å²) in [5.41, 5.74) is 0.399. The SMILES string of the molecule is CCC(C)(CNC(C)C)CN1CCN(CCN(C)C)CC1. The van der Waals surface area contributed by atoms with Gasteiger partial charge in [-0.15, -0.1) is 0 Å². The maximum absolute atomic E-state index is 3.63. The molecule has 1 saturated heterocycles. The fourth-order valence-corrected chi connectivity index (χ4v) is 2.80. The van der Waals surface area contributed by atoms with Crippen molar-refractivity contribution >= 4 is 0 Å². The van der Waals surface area contributed by atoms with Crippen LogP contribution in [0.1, 0.15) is 34.1 Å². The van der Waals surface area contributed by atoms with Gasteiger partial charge in [0.2, 0.25) is 0 Å². The molecule has 1 fully saturated rings. The Labute approximate surface area is 132 Å². The van der Waals surface area contributed by atoms with Gasteiger partial charge in [-0.3, -0.25) is 4.90 Å². The highest BCUT2D eigenvalue weighted by molar-refractivity contribution is 4.83. The first-order valence-electron chi connectivity index (χ1n) is 8.67. The van der Waals surface area contributed by atoms with Gasteiger partial charge in [-0.1, -0.05) is 27.7 Å². The van der Waals surface area contributed by atoms with Crippen molar-refractivity contribution < 1.29 is 0 Å². The van der Waals surface area contributed by atoms with Gasteiger partial charge in [-0.25, -0.2) is 0 Å². The summed E-state index contributed by atoms with van der Waals surface area (Å²) in [5, 5.41) is 3.63. The van der Waals surface area contributed by atoms with Crippen LogP contribution in [-0.2, 0) is 0 Å². The van der Waals surface area contributed by atoms with Gasteiger partial charge in [0, 0.05) is 58.4 Å². The third-order valence-electron chi connectivity index (χ3n) is 4.72. The Morgan fingerprint density at radius 2 is 1.67 bits per heavy atom. The topological polar surface area (TPSA) is 21.8 Å². The summed E-state index contributed by atoms with van der Waals surface area (Å²) in [6.45, 7) is 18.9. The zero-order valence-electron chi connectivity index (χ0n) is 15.3. The number of hydrogen-bond donors (Lipinski definition) is 1. The van der Waals surface area contributed by atoms with Crippen molar-refractivity contribution in [1.29, 1.82) is 0 Å². The normalized spacial score (nSPS) is 21.1. The van der Waals surface area contributed by atoms with E-state index in [0.717, 1.165) is 6.54 Å². The van der Waals surface area contributed by atoms with Crippen LogP contribution in [0.5, 0.6) is 0 Å². The zero-order valence-corrected chi connectivity index (χ0v) is 15.3. The van der Waals surface area contributed by atoms with E-state index in [2.05, 4.69) is 61.8 Å². The minimum absolute atomic E-state index is 0.399. The van der Waals surface area contributed by atoms with Crippen molar-refractivity contribution in [3.05, 3.63) is 0 Å². The Morgan fingerprint density at radius 3 is 2.14 bits per heavy atom. The molecule has 1 unspecified atom stereocenters. The number of nitrogens with one attached hydrogen (secondary N) is 1. The van der Waals surface area contributed by atoms with Crippen molar-refractivity contribution in [3.63, 3.8) is 0 Å². The van der Waals surface area contributed by atoms with Gasteiger partial charge in [0.15, 0.2) is 0 Å². The predicted octanol–water partition coefficient (Wildman–Crippen LogP) is 1.58. The van der Waals surface area contributed by atoms with Gasteiger partial charge in [0.1, 0.15) is 0 Å². The number of likely N-dealkylation sites (N-methyl/N-ethyl adjacent to an activating group) is 1. The van der Waals surface area contributed by atoms with Gasteiger partial charge >= 0.3 is 0 Å². The summed E-state index contributed by atoms with van der Waals surface area (Å²) >= 11 is 0. The van der Waals surface area contributed by atoms with E-state index in [1.165, 1.54) is 52.2 Å². The average Bonchev–Trinajstić information content (AvgIpc) is 2.44. The molecule has 4 nitrogen and oxygen atoms in total. The lowest BCUT2D eigenvalue weighted by Gasteiger charge is -2.40. The maximum atomic E-state index is 3.63. The Kier molecular flexibility index (Phi) is 8.17. The second-order valence-electron chi connectivity index (χ2n) is 7.62. The lowest BCUT2D eigenvalue weighted by atomic mass is 9.86. The minimum Gasteiger partial charge on any atom is -0.314 e. The zero-order chi connectivity index (χ0) is 15.9. The van der Waals surface area contributed by atoms with E-state index in [-0.39, 0.29) is 0 Å². The highest BCUT2D eigenvalue weighted by Gasteiger charge is 2.27. The third kappa shape index (κ3) is 7.59. The molecular weight excluding hydrogens is 260 g/mol. The number of hydrogen-bond acceptors (Lipinski definition) is 4. The summed E-state index contributed by atoms with van der Waals surface area (Å²) in [4.78, 5) is 7.54. The van der Waals surface area contributed by atoms with Crippen LogP contribution < -0.4 is 5.32 Å². The molecule has 0 amide bonds. The van der Waals surface area contributed by atoms with E-state index in [9.17, 15) is 0 Å². The first-order chi connectivity index (χ1) is 9.84. The number of rotatable bonds is 9. The Balaban J connectivity index is 2.32. The second kappa shape index (κ2) is 9.09. The molecule has 4 heteroatoms. The van der Waals surface area contributed by atoms with Crippen molar-refractivity contribution in [3.8, 4) is 0 Å². The standard InChI is InChI=1S/C17H38N4/c1-7-17(4,14-18-16(2)3)15-21-12-10-20(11-13-21)9-8-19(5)6/h16,18H,7-15H2,1-6H3. The van der Waals surface area contributed by atoms with Crippen molar-refractivity contribution in [2.45, 2.75) is 40.2 Å². The summed E-state index contributed by atoms with van der Waals surface area (Å²) in [7, 11) is 4.31. The van der Waals surface area contributed by atoms with Crippen LogP contribution in [0.2, 0.25) is 0 Å². The lowest BCUT2D eigenvalue weighted by Crippen LogP contribution is -2.52. The first kappa shape index (κ1) is 18.9. The van der Waals surface area contributed by atoms with E-state index < -0.39 is 0 Å². The highest BCUT2D eigenvalue weighted by Crippen LogP contribution is 2.22. The van der Waals surface area contributed by atoms with Crippen LogP contribution in [0.15, 0.2) is 0 Å². The van der Waals surface area contributed by atoms with Crippen molar-refractivity contribution in [2.75, 3.05) is 66.5 Å². The van der Waals surface area contributed by atoms with Gasteiger partial charge in [-0.05, 0) is 25.9 Å². The molecule has 1 rings (SSSR count). The first-order valence-corrected chi connectivity index (χ1v) is 8.67. The van der Waals surface area contributed by atoms with E-state index in [4.69, 9.17) is 0 Å². The molecule has 0 radical (unpaired) electrons. The van der Waals surface area contributed by atoms with Crippen LogP contribution in [-0.4, -0.2) is 87.2 Å². The molecule has 0 bridgehead atoms. The Morgan fingerprint density at radius 1 is 1.10 bits per heavy atom. The fraction of sp³-hybridized carbons (Fsp3) is 1.00. The van der Waals surface area contributed by atoms with Crippen LogP contribution in [0.25, 0.3) is 0 Å². The molecule has 0 aromatic rings. The third-order valence-corrected chi connectivity index (χ3v) is 4.72. The molecular formula is C17H38N4. The monoisotopic (exact) mass is 298 g/mol. The van der Waals surface area contributed by atoms with E-state index in [1.807, 2.05) is 0 Å². The molecule has 1 atom stereocenters. The molecule has 0 spiro atoms. The van der Waals surface area contributed by atoms with E-state index >= 15 is 0 Å². The Hall–Kier alpha value is -0.160. The fourth-order valence-electron chi connectivity index (χ4n) is 2.80. The predicted molar refractivity (Wildman–Crippen MR) is 93.0 cm³/mol. The van der Waals surface area contributed by atoms with E-state index in [1.54, 1.807) is 0 Å². The molecule has 1 aliphatic rings. The number of nitrogens with zero attached hydrogens (tertiary/aromatic N) is 3. The molecule has 1 aliphatic heterocycles. The number of piperazine rings is 1. The summed E-state index contributed by atoms with van der Waals surface area (Å²) in [6, 6.07) is 0.582. The van der Waals surface area contributed by atoms with Crippen LogP contribution in [0.3, 0.4) is 0 Å². The molecule has 126 valence electrons. The van der Waals surface area contributed by atoms with Crippen LogP contribution >= 0.6 is 0 Å². The Bertz CT molecular complexity index is 272. The molecule has 0 aromatic heterocycles. The smallest absolute Gasteiger partial charge is 0.0110 e. The molecule has 1 N–H and O–H groups in total. The van der Waals surface area contributed by atoms with Gasteiger partial charge in [-0.2, -0.15) is 0 Å². The minimum atomic E-state index is 0.399. The summed E-state index contributed by atoms with van der Waals surface area (Å²) in [6.07, 6.45) is 1.24. The molecule has 0 aliphatic carbocycles. The molecule has 0 saturated carbocycles. The molecule has 1 heterocycles. The van der Waals surface area contributed by atoms with E-state index in [0.29, 0.717) is 11.5 Å². The van der Waals surface area contributed by atoms with Gasteiger partial charge in [0.25, 0.3) is 0 Å². The van der Waals surface area contributed by atoms with Crippen LogP contribution in [0.4, 0.5) is 0 Å². The highest BCUT2D eigenvalue weighted by atomic mass is 15.3. The second-order valence-corrected chi connectivity index (χ2v) is 7.62. The van der Waals surface area contributed by atoms with Crippen molar-refractivity contribution in [2.24, 2.45) is 5.41 Å². The van der Waals surface area contributed by atoms with Crippen LogP contribution in [0, 0.1) is 5.41 Å². The molecule has 0 aromatic carbocycles. The quantitative estimate of drug-likeness (QED) is 0.697. The summed E-state index contributed by atoms with van der Waals surface area (Å²) in [5.74, 6) is 0. The summed E-state index contributed by atoms with van der Waals surface area (Å²) < 4.78 is 0. The van der Waals surface area contributed by atoms with Gasteiger partial charge in [0.05, 0.1) is 0 Å². The largest absolute Gasteiger partial charge is 0.314 e.